The molecule has 1 N–H and O–H groups in total. The molecule has 8 nitrogen and oxygen atoms in total. The van der Waals surface area contributed by atoms with E-state index in [4.69, 9.17) is 9.97 Å². The number of nitrogens with zero attached hydrogens (tertiary/aromatic N) is 6. The minimum absolute atomic E-state index is 0. The quantitative estimate of drug-likeness (QED) is 0.222. The van der Waals surface area contributed by atoms with Gasteiger partial charge in [0, 0.05) is 75.4 Å². The third-order valence-corrected chi connectivity index (χ3v) is 8.62. The van der Waals surface area contributed by atoms with Crippen LogP contribution < -0.4 is 15.1 Å². The molecular formula is C35H40Cl3N7O. The van der Waals surface area contributed by atoms with Gasteiger partial charge in [-0.15, -0.1) is 37.2 Å². The maximum absolute atomic E-state index is 12.9. The van der Waals surface area contributed by atoms with Crippen molar-refractivity contribution >= 4 is 82.3 Å². The van der Waals surface area contributed by atoms with Gasteiger partial charge in [0.1, 0.15) is 11.6 Å². The Morgan fingerprint density at radius 2 is 1.09 bits per heavy atom. The molecule has 2 aromatic heterocycles. The van der Waals surface area contributed by atoms with Crippen LogP contribution >= 0.6 is 37.2 Å². The predicted molar refractivity (Wildman–Crippen MR) is 196 cm³/mol. The number of hydrogen-bond donors (Lipinski definition) is 1. The average Bonchev–Trinajstić information content (AvgIpc) is 3.08. The number of carbonyl (C=O) groups excluding carboxylic acids is 1. The van der Waals surface area contributed by atoms with Gasteiger partial charge in [-0.2, -0.15) is 0 Å². The van der Waals surface area contributed by atoms with Crippen LogP contribution in [0.15, 0.2) is 97.1 Å². The van der Waals surface area contributed by atoms with Crippen LogP contribution in [0.25, 0.3) is 21.8 Å². The normalized spacial score (nSPS) is 15.1. The van der Waals surface area contributed by atoms with E-state index in [1.54, 1.807) is 0 Å². The molecule has 0 radical (unpaired) electrons. The number of rotatable bonds is 7. The Morgan fingerprint density at radius 1 is 0.587 bits per heavy atom. The van der Waals surface area contributed by atoms with Crippen LogP contribution in [-0.2, 0) is 11.3 Å². The largest absolute Gasteiger partial charge is 0.376 e. The third-order valence-electron chi connectivity index (χ3n) is 8.62. The van der Waals surface area contributed by atoms with E-state index in [0.717, 1.165) is 79.6 Å². The van der Waals surface area contributed by atoms with Gasteiger partial charge in [0.25, 0.3) is 0 Å². The lowest BCUT2D eigenvalue weighted by molar-refractivity contribution is -0.129. The molecule has 0 spiro atoms. The third kappa shape index (κ3) is 8.12. The Bertz CT molecular complexity index is 1720. The van der Waals surface area contributed by atoms with Crippen molar-refractivity contribution in [2.45, 2.75) is 6.54 Å². The van der Waals surface area contributed by atoms with Crippen LogP contribution in [0.3, 0.4) is 0 Å². The van der Waals surface area contributed by atoms with Gasteiger partial charge >= 0.3 is 0 Å². The van der Waals surface area contributed by atoms with Crippen molar-refractivity contribution in [1.82, 2.24) is 19.8 Å². The van der Waals surface area contributed by atoms with Crippen molar-refractivity contribution < 1.29 is 4.79 Å². The zero-order valence-corrected chi connectivity index (χ0v) is 28.1. The first-order chi connectivity index (χ1) is 21.2. The summed E-state index contributed by atoms with van der Waals surface area (Å²) in [4.78, 5) is 31.7. The molecule has 2 aliphatic heterocycles. The number of hydrogen-bond acceptors (Lipinski definition) is 7. The molecule has 2 saturated heterocycles. The number of benzene rings is 3. The maximum atomic E-state index is 12.9. The first kappa shape index (κ1) is 35.0. The highest BCUT2D eigenvalue weighted by Gasteiger charge is 2.22. The molecule has 1 amide bonds. The molecule has 0 aliphatic carbocycles. The lowest BCUT2D eigenvalue weighted by Crippen LogP contribution is -2.50. The number of aromatic nitrogens is 2. The Hall–Kier alpha value is -3.82. The number of para-hydroxylation sites is 2. The molecular weight excluding hydrogens is 641 g/mol. The van der Waals surface area contributed by atoms with E-state index in [-0.39, 0.29) is 43.1 Å². The molecule has 46 heavy (non-hydrogen) atoms. The number of nitrogens with one attached hydrogen (secondary N) is 1. The SMILES string of the molecule is Cl.Cl.Cl.O=C(CNc1ccc(CN2CCN(c3ccc4ccccc4n3)CC2)cc1)N1CCN(c2ccc3ccccc3n2)CC1. The molecule has 3 aromatic carbocycles. The predicted octanol–water partition coefficient (Wildman–Crippen LogP) is 6.13. The van der Waals surface area contributed by atoms with Gasteiger partial charge in [-0.1, -0.05) is 48.5 Å². The second-order valence-corrected chi connectivity index (χ2v) is 11.4. The highest BCUT2D eigenvalue weighted by atomic mass is 35.5. The summed E-state index contributed by atoms with van der Waals surface area (Å²) in [7, 11) is 0. The van der Waals surface area contributed by atoms with E-state index in [2.05, 4.69) is 92.8 Å². The van der Waals surface area contributed by atoms with Crippen LogP contribution in [-0.4, -0.2) is 84.6 Å². The van der Waals surface area contributed by atoms with E-state index in [9.17, 15) is 4.79 Å². The molecule has 2 aliphatic rings. The van der Waals surface area contributed by atoms with Crippen molar-refractivity contribution in [3.05, 3.63) is 103 Å². The second kappa shape index (κ2) is 16.1. The van der Waals surface area contributed by atoms with Gasteiger partial charge in [-0.25, -0.2) is 9.97 Å². The summed E-state index contributed by atoms with van der Waals surface area (Å²) < 4.78 is 0. The van der Waals surface area contributed by atoms with Gasteiger partial charge in [0.2, 0.25) is 5.91 Å². The minimum Gasteiger partial charge on any atom is -0.376 e. The molecule has 4 heterocycles. The summed E-state index contributed by atoms with van der Waals surface area (Å²) in [6.07, 6.45) is 0. The molecule has 7 rings (SSSR count). The van der Waals surface area contributed by atoms with E-state index < -0.39 is 0 Å². The standard InChI is InChI=1S/C35H37N7O.3ClH/c43-35(42-23-21-41(22-24-42)34-16-12-29-6-2-4-8-32(29)38-34)25-36-30-13-9-27(10-14-30)26-39-17-19-40(20-18-39)33-15-11-28-5-1-3-7-31(28)37-33;;;/h1-16,36H,17-26H2;3*1H. The van der Waals surface area contributed by atoms with Gasteiger partial charge < -0.3 is 20.0 Å². The Labute approximate surface area is 289 Å². The molecule has 242 valence electrons. The van der Waals surface area contributed by atoms with Gasteiger partial charge in [-0.05, 0) is 54.1 Å². The van der Waals surface area contributed by atoms with Gasteiger partial charge in [0.05, 0.1) is 17.6 Å². The van der Waals surface area contributed by atoms with Crippen LogP contribution in [0.2, 0.25) is 0 Å². The zero-order valence-electron chi connectivity index (χ0n) is 25.6. The fourth-order valence-corrected chi connectivity index (χ4v) is 6.06. The average molecular weight is 681 g/mol. The summed E-state index contributed by atoms with van der Waals surface area (Å²) in [5.74, 6) is 2.17. The summed E-state index contributed by atoms with van der Waals surface area (Å²) in [5, 5.41) is 5.65. The molecule has 11 heteroatoms. The smallest absolute Gasteiger partial charge is 0.241 e. The Kier molecular flexibility index (Phi) is 12.3. The second-order valence-electron chi connectivity index (χ2n) is 11.4. The van der Waals surface area contributed by atoms with Crippen LogP contribution in [0, 0.1) is 0 Å². The van der Waals surface area contributed by atoms with Gasteiger partial charge in [0.15, 0.2) is 0 Å². The number of anilines is 3. The molecule has 0 saturated carbocycles. The van der Waals surface area contributed by atoms with Crippen LogP contribution in [0.1, 0.15) is 5.56 Å². The van der Waals surface area contributed by atoms with E-state index in [0.29, 0.717) is 19.6 Å². The van der Waals surface area contributed by atoms with Crippen molar-refractivity contribution in [2.24, 2.45) is 0 Å². The molecule has 0 unspecified atom stereocenters. The highest BCUT2D eigenvalue weighted by molar-refractivity contribution is 5.86. The molecule has 5 aromatic rings. The van der Waals surface area contributed by atoms with Crippen molar-refractivity contribution in [1.29, 1.82) is 0 Å². The van der Waals surface area contributed by atoms with Crippen molar-refractivity contribution in [3.8, 4) is 0 Å². The number of fused-ring (bicyclic) bond motifs is 2. The minimum atomic E-state index is 0. The fraction of sp³-hybridized carbons (Fsp3) is 0.286. The van der Waals surface area contributed by atoms with E-state index >= 15 is 0 Å². The first-order valence-corrected chi connectivity index (χ1v) is 15.2. The van der Waals surface area contributed by atoms with Crippen LogP contribution in [0.5, 0.6) is 0 Å². The number of piperazine rings is 2. The van der Waals surface area contributed by atoms with Gasteiger partial charge in [-0.3, -0.25) is 9.69 Å². The lowest BCUT2D eigenvalue weighted by Gasteiger charge is -2.35. The first-order valence-electron chi connectivity index (χ1n) is 15.2. The van der Waals surface area contributed by atoms with Crippen LogP contribution in [0.4, 0.5) is 17.3 Å². The number of pyridine rings is 2. The van der Waals surface area contributed by atoms with Crippen molar-refractivity contribution in [3.63, 3.8) is 0 Å². The summed E-state index contributed by atoms with van der Waals surface area (Å²) in [5.41, 5.74) is 4.32. The Morgan fingerprint density at radius 3 is 1.63 bits per heavy atom. The number of carbonyl (C=O) groups is 1. The lowest BCUT2D eigenvalue weighted by atomic mass is 10.1. The maximum Gasteiger partial charge on any atom is 0.241 e. The number of amides is 1. The van der Waals surface area contributed by atoms with Crippen molar-refractivity contribution in [2.75, 3.05) is 74.0 Å². The highest BCUT2D eigenvalue weighted by Crippen LogP contribution is 2.21. The summed E-state index contributed by atoms with van der Waals surface area (Å²) >= 11 is 0. The fourth-order valence-electron chi connectivity index (χ4n) is 6.06. The topological polar surface area (TPSA) is 67.8 Å². The molecule has 0 bridgehead atoms. The monoisotopic (exact) mass is 679 g/mol. The summed E-state index contributed by atoms with van der Waals surface area (Å²) in [6.45, 7) is 8.18. The summed E-state index contributed by atoms with van der Waals surface area (Å²) in [6, 6.07) is 33.5. The van der Waals surface area contributed by atoms with E-state index in [1.165, 1.54) is 10.9 Å². The van der Waals surface area contributed by atoms with E-state index in [1.807, 2.05) is 29.2 Å². The zero-order chi connectivity index (χ0) is 29.0. The molecule has 2 fully saturated rings. The number of halogens is 3. The Balaban J connectivity index is 0.00000160. The molecule has 0 atom stereocenters.